The van der Waals surface area contributed by atoms with Crippen molar-refractivity contribution in [2.75, 3.05) is 26.4 Å². The highest BCUT2D eigenvalue weighted by Crippen LogP contribution is 2.51. The summed E-state index contributed by atoms with van der Waals surface area (Å²) in [4.78, 5) is 15.4. The number of allylic oxidation sites excluding steroid dienone is 5. The number of hydrogen-bond acceptors (Lipinski definition) is 6. The lowest BCUT2D eigenvalue weighted by atomic mass is 9.86. The van der Waals surface area contributed by atoms with E-state index in [1.807, 2.05) is 13.0 Å². The van der Waals surface area contributed by atoms with E-state index in [1.165, 1.54) is 0 Å². The second-order valence-electron chi connectivity index (χ2n) is 13.0. The minimum atomic E-state index is -6.03. The largest absolute Gasteiger partial charge is 0.493 e. The van der Waals surface area contributed by atoms with Gasteiger partial charge in [0.1, 0.15) is 30.3 Å². The summed E-state index contributed by atoms with van der Waals surface area (Å²) in [6.45, 7) is 14.2. The van der Waals surface area contributed by atoms with Crippen molar-refractivity contribution in [2.24, 2.45) is 5.92 Å². The summed E-state index contributed by atoms with van der Waals surface area (Å²) in [5.41, 5.74) is -6.50. The molecule has 2 heterocycles. The van der Waals surface area contributed by atoms with Crippen LogP contribution in [-0.4, -0.2) is 54.6 Å². The van der Waals surface area contributed by atoms with Crippen LogP contribution in [0.2, 0.25) is 0 Å². The van der Waals surface area contributed by atoms with Gasteiger partial charge in [-0.15, -0.1) is 0 Å². The van der Waals surface area contributed by atoms with Crippen molar-refractivity contribution >= 4 is 5.91 Å². The zero-order valence-corrected chi connectivity index (χ0v) is 29.6. The van der Waals surface area contributed by atoms with E-state index in [4.69, 9.17) is 14.2 Å². The van der Waals surface area contributed by atoms with E-state index in [9.17, 15) is 36.2 Å². The Labute approximate surface area is 300 Å². The fraction of sp³-hybridized carbons (Fsp3) is 0.462. The third-order valence-electron chi connectivity index (χ3n) is 9.22. The Morgan fingerprint density at radius 2 is 1.67 bits per heavy atom. The molecule has 0 bridgehead atoms. The fourth-order valence-corrected chi connectivity index (χ4v) is 6.51. The highest BCUT2D eigenvalue weighted by Gasteiger charge is 2.71. The minimum absolute atomic E-state index is 0.0385. The number of benzene rings is 2. The van der Waals surface area contributed by atoms with Gasteiger partial charge in [0.25, 0.3) is 11.5 Å². The van der Waals surface area contributed by atoms with Crippen LogP contribution in [0.25, 0.3) is 0 Å². The Bertz CT molecular complexity index is 1650. The molecule has 0 radical (unpaired) electrons. The van der Waals surface area contributed by atoms with Crippen LogP contribution in [0.3, 0.4) is 0 Å². The fourth-order valence-electron chi connectivity index (χ4n) is 6.51. The summed E-state index contributed by atoms with van der Waals surface area (Å²) >= 11 is 0. The molecule has 2 aromatic carbocycles. The molecular weight excluding hydrogens is 690 g/mol. The number of alkyl halides is 6. The molecule has 7 nitrogen and oxygen atoms in total. The van der Waals surface area contributed by atoms with Gasteiger partial charge in [-0.1, -0.05) is 76.8 Å². The van der Waals surface area contributed by atoms with Crippen LogP contribution in [0.1, 0.15) is 68.7 Å². The monoisotopic (exact) mass is 736 g/mol. The average molecular weight is 737 g/mol. The van der Waals surface area contributed by atoms with Gasteiger partial charge in [-0.05, 0) is 79.0 Å². The highest BCUT2D eigenvalue weighted by molar-refractivity contribution is 5.92. The van der Waals surface area contributed by atoms with E-state index < -0.39 is 29.1 Å². The molecule has 2 aliphatic rings. The number of carbonyl (C=O) groups excluding carboxylic acids is 1. The Hall–Kier alpha value is -4.39. The van der Waals surface area contributed by atoms with Crippen LogP contribution in [0.4, 0.5) is 26.3 Å². The van der Waals surface area contributed by atoms with Crippen LogP contribution in [-0.2, 0) is 28.8 Å². The van der Waals surface area contributed by atoms with Crippen molar-refractivity contribution in [3.63, 3.8) is 0 Å². The number of nitrogens with zero attached hydrogens (tertiary/aromatic N) is 1. The molecule has 0 saturated carbocycles. The average Bonchev–Trinajstić information content (AvgIpc) is 3.34. The Balaban J connectivity index is 1.55. The van der Waals surface area contributed by atoms with Crippen molar-refractivity contribution in [2.45, 2.75) is 82.8 Å². The van der Waals surface area contributed by atoms with Crippen molar-refractivity contribution in [3.8, 4) is 17.2 Å². The van der Waals surface area contributed by atoms with Crippen molar-refractivity contribution in [1.82, 2.24) is 10.2 Å². The maximum absolute atomic E-state index is 14.0. The number of aliphatic hydroxyl groups is 1. The van der Waals surface area contributed by atoms with Crippen LogP contribution >= 0.6 is 0 Å². The van der Waals surface area contributed by atoms with Gasteiger partial charge < -0.3 is 24.6 Å². The number of halogens is 6. The summed E-state index contributed by atoms with van der Waals surface area (Å²) in [6.07, 6.45) is -1.83. The number of fused-ring (bicyclic) bond motifs is 1. The lowest BCUT2D eigenvalue weighted by Gasteiger charge is -2.34. The third-order valence-corrected chi connectivity index (χ3v) is 9.22. The van der Waals surface area contributed by atoms with Crippen molar-refractivity contribution < 1.29 is 50.5 Å². The zero-order chi connectivity index (χ0) is 38.3. The molecule has 13 heteroatoms. The molecule has 1 amide bonds. The third kappa shape index (κ3) is 8.29. The topological polar surface area (TPSA) is 80.3 Å². The summed E-state index contributed by atoms with van der Waals surface area (Å²) in [5, 5.41) is 13.6. The van der Waals surface area contributed by atoms with Gasteiger partial charge in [-0.3, -0.25) is 9.69 Å². The predicted octanol–water partition coefficient (Wildman–Crippen LogP) is 8.57. The second-order valence-corrected chi connectivity index (χ2v) is 13.0. The van der Waals surface area contributed by atoms with Crippen LogP contribution < -0.4 is 19.5 Å². The summed E-state index contributed by atoms with van der Waals surface area (Å²) in [6, 6.07) is 6.89. The molecule has 1 saturated heterocycles. The van der Waals surface area contributed by atoms with E-state index >= 15 is 0 Å². The minimum Gasteiger partial charge on any atom is -0.493 e. The molecule has 284 valence electrons. The number of rotatable bonds is 16. The predicted molar refractivity (Wildman–Crippen MR) is 186 cm³/mol. The smallest absolute Gasteiger partial charge is 0.430 e. The Morgan fingerprint density at radius 1 is 1.00 bits per heavy atom. The van der Waals surface area contributed by atoms with Gasteiger partial charge in [0, 0.05) is 12.1 Å². The lowest BCUT2D eigenvalue weighted by Crippen LogP contribution is -2.54. The van der Waals surface area contributed by atoms with Crippen LogP contribution in [0, 0.1) is 5.92 Å². The first kappa shape index (κ1) is 40.4. The second kappa shape index (κ2) is 16.5. The van der Waals surface area contributed by atoms with Gasteiger partial charge in [0.15, 0.2) is 11.5 Å². The molecule has 2 aromatic rings. The quantitative estimate of drug-likeness (QED) is 0.102. The number of hydrogen-bond donors (Lipinski definition) is 2. The number of ether oxygens (including phenoxy) is 3. The van der Waals surface area contributed by atoms with E-state index in [0.29, 0.717) is 61.8 Å². The summed E-state index contributed by atoms with van der Waals surface area (Å²) in [7, 11) is 0. The van der Waals surface area contributed by atoms with E-state index in [2.05, 4.69) is 18.5 Å². The molecule has 1 fully saturated rings. The SMILES string of the molecule is C=C/C=C\C=C/C(C)Cc1cc(C(O)(C(F)(F)F)C(F)(F)F)cc(CCC)c1OCCCCN1C(=C)NC(CC)(c2ccc3c(c2)OCCO3)C1=O. The maximum Gasteiger partial charge on any atom is 0.430 e. The molecule has 4 rings (SSSR count). The highest BCUT2D eigenvalue weighted by atomic mass is 19.4. The Morgan fingerprint density at radius 3 is 2.31 bits per heavy atom. The van der Waals surface area contributed by atoms with E-state index in [1.54, 1.807) is 61.3 Å². The molecule has 2 atom stereocenters. The summed E-state index contributed by atoms with van der Waals surface area (Å²) < 4.78 is 101. The molecule has 2 aliphatic heterocycles. The van der Waals surface area contributed by atoms with Crippen LogP contribution in [0.15, 0.2) is 79.7 Å². The van der Waals surface area contributed by atoms with Crippen LogP contribution in [0.5, 0.6) is 17.2 Å². The molecule has 2 N–H and O–H groups in total. The zero-order valence-electron chi connectivity index (χ0n) is 29.6. The molecule has 0 aromatic heterocycles. The van der Waals surface area contributed by atoms with Gasteiger partial charge in [-0.2, -0.15) is 26.3 Å². The maximum atomic E-state index is 14.0. The molecule has 52 heavy (non-hydrogen) atoms. The molecule has 0 spiro atoms. The number of unbranched alkanes of at least 4 members (excludes halogenated alkanes) is 1. The summed E-state index contributed by atoms with van der Waals surface area (Å²) in [5.74, 6) is 1.26. The number of carbonyl (C=O) groups is 1. The Kier molecular flexibility index (Phi) is 12.8. The van der Waals surface area contributed by atoms with E-state index in [-0.39, 0.29) is 54.7 Å². The van der Waals surface area contributed by atoms with Gasteiger partial charge >= 0.3 is 12.4 Å². The van der Waals surface area contributed by atoms with Crippen molar-refractivity contribution in [1.29, 1.82) is 0 Å². The first-order chi connectivity index (χ1) is 24.5. The normalized spacial score (nSPS) is 18.7. The molecule has 0 aliphatic carbocycles. The van der Waals surface area contributed by atoms with Crippen molar-refractivity contribution in [3.05, 3.63) is 102 Å². The molecule has 2 unspecified atom stereocenters. The number of aryl methyl sites for hydroxylation is 1. The standard InChI is InChI=1S/C39H46F6N2O5/c1-6-9-10-11-15-26(4)22-29-24-31(37(49,38(40,41)42)39(43,44)45)23-28(14-7-2)34(29)52-19-13-12-18-47-27(5)46-36(8-3,35(47)48)30-16-17-32-33(25-30)51-21-20-50-32/h6,9-11,15-17,23-26,46,49H,1,5,7-8,12-14,18-22H2,2-4H3/b10-9-,15-11-. The lowest BCUT2D eigenvalue weighted by molar-refractivity contribution is -0.376. The van der Waals surface area contributed by atoms with E-state index in [0.717, 1.165) is 12.1 Å². The first-order valence-electron chi connectivity index (χ1n) is 17.3. The van der Waals surface area contributed by atoms with Gasteiger partial charge in [0.05, 0.1) is 6.61 Å². The number of amides is 1. The van der Waals surface area contributed by atoms with Gasteiger partial charge in [0.2, 0.25) is 0 Å². The van der Waals surface area contributed by atoms with Gasteiger partial charge in [-0.25, -0.2) is 0 Å². The molecular formula is C39H46F6N2O5. The first-order valence-corrected chi connectivity index (χ1v) is 17.3. The number of nitrogens with one attached hydrogen (secondary N) is 1.